The smallest absolute Gasteiger partial charge is 0.334 e. The van der Waals surface area contributed by atoms with E-state index < -0.39 is 11.9 Å². The summed E-state index contributed by atoms with van der Waals surface area (Å²) in [4.78, 5) is 21.5. The lowest BCUT2D eigenvalue weighted by Gasteiger charge is -2.03. The van der Waals surface area contributed by atoms with Crippen molar-refractivity contribution in [3.63, 3.8) is 0 Å². The van der Waals surface area contributed by atoms with Gasteiger partial charge in [-0.05, 0) is 13.8 Å². The number of carbonyl (C=O) groups is 2. The topological polar surface area (TPSA) is 63.6 Å². The molecule has 4 nitrogen and oxygen atoms in total. The zero-order valence-electron chi connectivity index (χ0n) is 7.66. The molecule has 0 heterocycles. The Labute approximate surface area is 76.5 Å². The molecule has 0 aliphatic rings. The molecule has 0 aliphatic carbocycles. The fourth-order valence-corrected chi connectivity index (χ4v) is 0.556. The van der Waals surface area contributed by atoms with Gasteiger partial charge in [0, 0.05) is 11.1 Å². The molecule has 0 spiro atoms. The molecule has 0 rings (SSSR count). The molecule has 0 fully saturated rings. The molecule has 1 N–H and O–H groups in total. The summed E-state index contributed by atoms with van der Waals surface area (Å²) in [6.07, 6.45) is 1.42. The lowest BCUT2D eigenvalue weighted by Crippen LogP contribution is -2.10. The van der Waals surface area contributed by atoms with Gasteiger partial charge in [-0.2, -0.15) is 0 Å². The van der Waals surface area contributed by atoms with Crippen LogP contribution in [0, 0.1) is 0 Å². The number of carboxylic acid groups (broad SMARTS) is 1. The molecule has 0 bridgehead atoms. The van der Waals surface area contributed by atoms with Crippen molar-refractivity contribution in [1.82, 2.24) is 0 Å². The van der Waals surface area contributed by atoms with E-state index in [0.29, 0.717) is 0 Å². The molecular formula is C9H12O4. The van der Waals surface area contributed by atoms with Crippen LogP contribution in [0.1, 0.15) is 13.8 Å². The average molecular weight is 184 g/mol. The molecule has 0 aromatic heterocycles. The minimum absolute atomic E-state index is 0.00550. The fourth-order valence-electron chi connectivity index (χ4n) is 0.556. The summed E-state index contributed by atoms with van der Waals surface area (Å²) in [5, 5.41) is 8.54. The van der Waals surface area contributed by atoms with E-state index in [1.165, 1.54) is 19.9 Å². The van der Waals surface area contributed by atoms with E-state index in [1.807, 2.05) is 0 Å². The van der Waals surface area contributed by atoms with Crippen LogP contribution in [0.4, 0.5) is 0 Å². The summed E-state index contributed by atoms with van der Waals surface area (Å²) in [6.45, 7) is 6.21. The van der Waals surface area contributed by atoms with Crippen LogP contribution in [0.2, 0.25) is 0 Å². The lowest BCUT2D eigenvalue weighted by molar-refractivity contribution is -0.139. The van der Waals surface area contributed by atoms with Crippen LogP contribution in [0.5, 0.6) is 0 Å². The number of carboxylic acids is 1. The monoisotopic (exact) mass is 184 g/mol. The van der Waals surface area contributed by atoms with Crippen molar-refractivity contribution < 1.29 is 19.4 Å². The van der Waals surface area contributed by atoms with Crippen LogP contribution in [-0.4, -0.2) is 23.7 Å². The fraction of sp³-hybridized carbons (Fsp3) is 0.333. The quantitative estimate of drug-likeness (QED) is 0.404. The number of hydrogen-bond donors (Lipinski definition) is 1. The number of aliphatic carboxylic acids is 1. The molecule has 0 saturated carbocycles. The molecule has 0 saturated heterocycles. The second-order valence-electron chi connectivity index (χ2n) is 2.44. The Balaban J connectivity index is 4.48. The Morgan fingerprint density at radius 2 is 1.92 bits per heavy atom. The minimum atomic E-state index is -1.12. The van der Waals surface area contributed by atoms with E-state index in [1.54, 1.807) is 0 Å². The molecule has 0 amide bonds. The first kappa shape index (κ1) is 11.4. The van der Waals surface area contributed by atoms with Gasteiger partial charge in [0.25, 0.3) is 0 Å². The molecule has 0 aromatic rings. The van der Waals surface area contributed by atoms with Crippen LogP contribution in [0.3, 0.4) is 0 Å². The highest BCUT2D eigenvalue weighted by atomic mass is 16.5. The van der Waals surface area contributed by atoms with Gasteiger partial charge in [-0.25, -0.2) is 9.59 Å². The molecule has 13 heavy (non-hydrogen) atoms. The van der Waals surface area contributed by atoms with Gasteiger partial charge >= 0.3 is 11.9 Å². The van der Waals surface area contributed by atoms with Gasteiger partial charge in [0.05, 0.1) is 0 Å². The van der Waals surface area contributed by atoms with Gasteiger partial charge in [-0.3, -0.25) is 0 Å². The maximum absolute atomic E-state index is 11.1. The third kappa shape index (κ3) is 3.55. The maximum atomic E-state index is 11.1. The normalized spacial score (nSPS) is 11.5. The van der Waals surface area contributed by atoms with Gasteiger partial charge in [-0.1, -0.05) is 12.7 Å². The first-order chi connectivity index (χ1) is 6.00. The van der Waals surface area contributed by atoms with Crippen LogP contribution < -0.4 is 0 Å². The zero-order chi connectivity index (χ0) is 10.4. The molecule has 0 atom stereocenters. The Bertz CT molecular complexity index is 263. The highest BCUT2D eigenvalue weighted by Crippen LogP contribution is 2.05. The third-order valence-corrected chi connectivity index (χ3v) is 1.52. The highest BCUT2D eigenvalue weighted by Gasteiger charge is 2.12. The van der Waals surface area contributed by atoms with Gasteiger partial charge in [0.15, 0.2) is 0 Å². The van der Waals surface area contributed by atoms with E-state index in [-0.39, 0.29) is 17.8 Å². The average Bonchev–Trinajstić information content (AvgIpc) is 2.11. The zero-order valence-corrected chi connectivity index (χ0v) is 7.66. The maximum Gasteiger partial charge on any atom is 0.334 e. The van der Waals surface area contributed by atoms with Crippen LogP contribution >= 0.6 is 0 Å². The predicted molar refractivity (Wildman–Crippen MR) is 47.2 cm³/mol. The van der Waals surface area contributed by atoms with Gasteiger partial charge in [0.2, 0.25) is 0 Å². The Morgan fingerprint density at radius 3 is 2.31 bits per heavy atom. The summed E-state index contributed by atoms with van der Waals surface area (Å²) in [7, 11) is 0. The standard InChI is InChI=1S/C9H12O4/c1-4-5-13-9(12)7(3)6(2)8(10)11/h4H,1,5H2,2-3H3,(H,10,11)/b7-6+. The second kappa shape index (κ2) is 5.13. The largest absolute Gasteiger partial charge is 0.478 e. The van der Waals surface area contributed by atoms with Crippen molar-refractivity contribution in [2.24, 2.45) is 0 Å². The van der Waals surface area contributed by atoms with E-state index in [4.69, 9.17) is 5.11 Å². The molecule has 0 unspecified atom stereocenters. The summed E-state index contributed by atoms with van der Waals surface area (Å²) in [5.41, 5.74) is 0.100. The lowest BCUT2D eigenvalue weighted by atomic mass is 10.1. The van der Waals surface area contributed by atoms with Gasteiger partial charge in [-0.15, -0.1) is 0 Å². The highest BCUT2D eigenvalue weighted by molar-refractivity contribution is 5.98. The summed E-state index contributed by atoms with van der Waals surface area (Å²) in [6, 6.07) is 0. The summed E-state index contributed by atoms with van der Waals surface area (Å²) in [5.74, 6) is -1.74. The number of carbonyl (C=O) groups excluding carboxylic acids is 1. The molecule has 72 valence electrons. The molecular weight excluding hydrogens is 172 g/mol. The number of hydrogen-bond acceptors (Lipinski definition) is 3. The van der Waals surface area contributed by atoms with Crippen molar-refractivity contribution in [3.8, 4) is 0 Å². The minimum Gasteiger partial charge on any atom is -0.478 e. The Kier molecular flexibility index (Phi) is 4.51. The predicted octanol–water partition coefficient (Wildman–Crippen LogP) is 1.14. The Morgan fingerprint density at radius 1 is 1.38 bits per heavy atom. The van der Waals surface area contributed by atoms with E-state index in [2.05, 4.69) is 11.3 Å². The molecule has 0 radical (unpaired) electrons. The van der Waals surface area contributed by atoms with E-state index >= 15 is 0 Å². The van der Waals surface area contributed by atoms with Crippen molar-refractivity contribution in [2.75, 3.05) is 6.61 Å². The van der Waals surface area contributed by atoms with Gasteiger partial charge in [0.1, 0.15) is 6.61 Å². The number of esters is 1. The van der Waals surface area contributed by atoms with Crippen molar-refractivity contribution in [1.29, 1.82) is 0 Å². The number of ether oxygens (including phenoxy) is 1. The molecule has 0 aromatic carbocycles. The molecule has 4 heteroatoms. The van der Waals surface area contributed by atoms with Crippen LogP contribution in [-0.2, 0) is 14.3 Å². The first-order valence-corrected chi connectivity index (χ1v) is 3.69. The van der Waals surface area contributed by atoms with Crippen LogP contribution in [0.15, 0.2) is 23.8 Å². The van der Waals surface area contributed by atoms with Crippen molar-refractivity contribution in [3.05, 3.63) is 23.8 Å². The number of rotatable bonds is 4. The van der Waals surface area contributed by atoms with E-state index in [0.717, 1.165) is 0 Å². The summed E-state index contributed by atoms with van der Waals surface area (Å²) < 4.78 is 4.65. The van der Waals surface area contributed by atoms with E-state index in [9.17, 15) is 9.59 Å². The first-order valence-electron chi connectivity index (χ1n) is 3.69. The second-order valence-corrected chi connectivity index (χ2v) is 2.44. The third-order valence-electron chi connectivity index (χ3n) is 1.52. The van der Waals surface area contributed by atoms with Crippen molar-refractivity contribution in [2.45, 2.75) is 13.8 Å². The molecule has 0 aliphatic heterocycles. The van der Waals surface area contributed by atoms with Crippen molar-refractivity contribution >= 4 is 11.9 Å². The Hall–Kier alpha value is -1.58. The van der Waals surface area contributed by atoms with Crippen LogP contribution in [0.25, 0.3) is 0 Å². The summed E-state index contributed by atoms with van der Waals surface area (Å²) >= 11 is 0. The van der Waals surface area contributed by atoms with Gasteiger partial charge < -0.3 is 9.84 Å². The SMILES string of the molecule is C=CCOC(=O)/C(C)=C(\C)C(=O)O.